The Kier molecular flexibility index (Phi) is 10.5. The van der Waals surface area contributed by atoms with Crippen molar-refractivity contribution in [1.29, 1.82) is 0 Å². The zero-order chi connectivity index (χ0) is 21.9. The highest BCUT2D eigenvalue weighted by atomic mass is 16.4. The maximum Gasteiger partial charge on any atom is 0.323 e. The summed E-state index contributed by atoms with van der Waals surface area (Å²) in [5.74, 6) is -5.10. The zero-order valence-corrected chi connectivity index (χ0v) is 14.9. The highest BCUT2D eigenvalue weighted by molar-refractivity contribution is 5.94. The highest BCUT2D eigenvalue weighted by Crippen LogP contribution is 1.94. The summed E-state index contributed by atoms with van der Waals surface area (Å²) < 4.78 is 0. The topological polar surface area (TPSA) is 255 Å². The first-order chi connectivity index (χ1) is 13.0. The quantitative estimate of drug-likeness (QED) is 0.157. The van der Waals surface area contributed by atoms with Crippen molar-refractivity contribution in [1.82, 2.24) is 26.8 Å². The Bertz CT molecular complexity index is 624. The first-order valence-electron chi connectivity index (χ1n) is 7.79. The van der Waals surface area contributed by atoms with Gasteiger partial charge in [-0.05, 0) is 6.92 Å². The van der Waals surface area contributed by atoms with Gasteiger partial charge in [0.1, 0.15) is 18.6 Å². The highest BCUT2D eigenvalue weighted by Gasteiger charge is 2.28. The summed E-state index contributed by atoms with van der Waals surface area (Å²) in [6.45, 7) is -0.0400. The number of hydrogen-bond acceptors (Lipinski definition) is 8. The van der Waals surface area contributed by atoms with Crippen molar-refractivity contribution in [3.8, 4) is 0 Å². The van der Waals surface area contributed by atoms with Gasteiger partial charge in [-0.3, -0.25) is 34.8 Å². The van der Waals surface area contributed by atoms with Crippen LogP contribution >= 0.6 is 0 Å². The number of aliphatic hydroxyl groups is 1. The summed E-state index contributed by atoms with van der Waals surface area (Å²) in [4.78, 5) is 68.2. The summed E-state index contributed by atoms with van der Waals surface area (Å²) in [5.41, 5.74) is 13.9. The Balaban J connectivity index is 4.85. The van der Waals surface area contributed by atoms with Crippen LogP contribution in [0.3, 0.4) is 0 Å². The molecule has 0 radical (unpaired) electrons. The second-order valence-electron chi connectivity index (χ2n) is 5.41. The fourth-order valence-corrected chi connectivity index (χ4v) is 1.71. The van der Waals surface area contributed by atoms with Crippen LogP contribution in [0.5, 0.6) is 0 Å². The van der Waals surface area contributed by atoms with Gasteiger partial charge in [0, 0.05) is 0 Å². The number of carbonyl (C=O) groups excluding carboxylic acids is 5. The minimum absolute atomic E-state index is 0.464. The van der Waals surface area contributed by atoms with Crippen LogP contribution in [0.25, 0.3) is 0 Å². The number of aliphatic carboxylic acids is 1. The van der Waals surface area contributed by atoms with E-state index in [1.165, 1.54) is 0 Å². The predicted octanol–water partition coefficient (Wildman–Crippen LogP) is -5.41. The Morgan fingerprint density at radius 1 is 1.00 bits per heavy atom. The third-order valence-corrected chi connectivity index (χ3v) is 3.00. The SMILES string of the molecule is CC(O)C(NC(=O)NCC(=O)O)C(=O)NNC(=O)C(CC(N)=O)NC(=O)CN. The van der Waals surface area contributed by atoms with Gasteiger partial charge in [-0.15, -0.1) is 0 Å². The largest absolute Gasteiger partial charge is 0.480 e. The molecule has 28 heavy (non-hydrogen) atoms. The second-order valence-corrected chi connectivity index (χ2v) is 5.41. The van der Waals surface area contributed by atoms with E-state index in [0.29, 0.717) is 0 Å². The number of rotatable bonds is 10. The number of carboxylic acids is 1. The van der Waals surface area contributed by atoms with Crippen molar-refractivity contribution < 1.29 is 39.0 Å². The molecule has 0 spiro atoms. The standard InChI is InChI=1S/C13H23N7O8/c1-5(21)10(18-13(28)16-4-9(24)25)12(27)20-19-11(26)6(2-7(15)22)17-8(23)3-14/h5-6,10,21H,2-4,14H2,1H3,(H2,15,22)(H,17,23)(H,19,26)(H,20,27)(H,24,25)(H2,16,18,28). The van der Waals surface area contributed by atoms with Gasteiger partial charge in [-0.25, -0.2) is 4.79 Å². The van der Waals surface area contributed by atoms with E-state index < -0.39 is 73.3 Å². The lowest BCUT2D eigenvalue weighted by molar-refractivity contribution is -0.135. The zero-order valence-electron chi connectivity index (χ0n) is 14.9. The lowest BCUT2D eigenvalue weighted by Gasteiger charge is -2.22. The fraction of sp³-hybridized carbons (Fsp3) is 0.538. The monoisotopic (exact) mass is 405 g/mol. The minimum atomic E-state index is -1.57. The fourth-order valence-electron chi connectivity index (χ4n) is 1.71. The number of carbonyl (C=O) groups is 6. The van der Waals surface area contributed by atoms with E-state index in [9.17, 15) is 33.9 Å². The first-order valence-corrected chi connectivity index (χ1v) is 7.79. The van der Waals surface area contributed by atoms with Crippen LogP contribution in [0.4, 0.5) is 4.79 Å². The molecule has 0 aliphatic rings. The number of nitrogens with two attached hydrogens (primary N) is 2. The first kappa shape index (κ1) is 24.5. The number of aliphatic hydroxyl groups excluding tert-OH is 1. The van der Waals surface area contributed by atoms with Gasteiger partial charge < -0.3 is 37.6 Å². The molecule has 0 aliphatic heterocycles. The van der Waals surface area contributed by atoms with Crippen LogP contribution in [0, 0.1) is 0 Å². The third-order valence-electron chi connectivity index (χ3n) is 3.00. The van der Waals surface area contributed by atoms with Crippen LogP contribution in [0.2, 0.25) is 0 Å². The van der Waals surface area contributed by atoms with Gasteiger partial charge in [0.15, 0.2) is 0 Å². The van der Waals surface area contributed by atoms with Crippen molar-refractivity contribution in [2.45, 2.75) is 31.5 Å². The molecule has 6 amide bonds. The molecule has 3 unspecified atom stereocenters. The Hall–Kier alpha value is -3.46. The molecular formula is C13H23N7O8. The van der Waals surface area contributed by atoms with Crippen LogP contribution in [0.1, 0.15) is 13.3 Å². The second kappa shape index (κ2) is 12.0. The molecule has 0 heterocycles. The maximum atomic E-state index is 12.0. The van der Waals surface area contributed by atoms with E-state index in [-0.39, 0.29) is 0 Å². The molecule has 3 atom stereocenters. The van der Waals surface area contributed by atoms with Crippen molar-refractivity contribution in [3.63, 3.8) is 0 Å². The number of urea groups is 1. The van der Waals surface area contributed by atoms with Gasteiger partial charge in [0.05, 0.1) is 19.1 Å². The third kappa shape index (κ3) is 9.88. The van der Waals surface area contributed by atoms with Gasteiger partial charge >= 0.3 is 12.0 Å². The predicted molar refractivity (Wildman–Crippen MR) is 90.7 cm³/mol. The van der Waals surface area contributed by atoms with E-state index in [2.05, 4.69) is 5.32 Å². The molecule has 0 saturated carbocycles. The van der Waals surface area contributed by atoms with Crippen molar-refractivity contribution in [3.05, 3.63) is 0 Å². The Morgan fingerprint density at radius 3 is 2.04 bits per heavy atom. The summed E-state index contributed by atoms with van der Waals surface area (Å²) in [6, 6.07) is -4.05. The molecule has 0 saturated heterocycles. The number of hydrogen-bond donors (Lipinski definition) is 9. The molecular weight excluding hydrogens is 382 g/mol. The average molecular weight is 405 g/mol. The van der Waals surface area contributed by atoms with E-state index in [4.69, 9.17) is 16.6 Å². The molecule has 11 N–H and O–H groups in total. The molecule has 0 bridgehead atoms. The summed E-state index contributed by atoms with van der Waals surface area (Å²) in [7, 11) is 0. The Labute approximate surface area is 158 Å². The number of hydrazine groups is 1. The maximum absolute atomic E-state index is 12.0. The lowest BCUT2D eigenvalue weighted by atomic mass is 10.1. The normalized spacial score (nSPS) is 13.2. The average Bonchev–Trinajstić information content (AvgIpc) is 2.60. The molecule has 0 aromatic heterocycles. The molecule has 0 aliphatic carbocycles. The summed E-state index contributed by atoms with van der Waals surface area (Å²) in [6.07, 6.45) is -2.01. The van der Waals surface area contributed by atoms with Crippen LogP contribution in [0.15, 0.2) is 0 Å². The van der Waals surface area contributed by atoms with Gasteiger partial charge in [-0.1, -0.05) is 0 Å². The van der Waals surface area contributed by atoms with E-state index in [1.807, 2.05) is 21.5 Å². The molecule has 0 fully saturated rings. The molecule has 0 rings (SSSR count). The number of amides is 6. The number of primary amides is 1. The van der Waals surface area contributed by atoms with Gasteiger partial charge in [0.25, 0.3) is 11.8 Å². The lowest BCUT2D eigenvalue weighted by Crippen LogP contribution is -2.60. The smallest absolute Gasteiger partial charge is 0.323 e. The number of nitrogens with one attached hydrogen (secondary N) is 5. The molecule has 0 aromatic carbocycles. The molecule has 158 valence electrons. The molecule has 15 heteroatoms. The van der Waals surface area contributed by atoms with Crippen molar-refractivity contribution >= 4 is 35.6 Å². The summed E-state index contributed by atoms with van der Waals surface area (Å²) >= 11 is 0. The van der Waals surface area contributed by atoms with Crippen LogP contribution in [-0.2, 0) is 24.0 Å². The van der Waals surface area contributed by atoms with E-state index in [1.54, 1.807) is 0 Å². The Morgan fingerprint density at radius 2 is 1.57 bits per heavy atom. The number of carboxylic acid groups (broad SMARTS) is 1. The van der Waals surface area contributed by atoms with E-state index in [0.717, 1.165) is 6.92 Å². The molecule has 15 nitrogen and oxygen atoms in total. The summed E-state index contributed by atoms with van der Waals surface area (Å²) in [5, 5.41) is 24.1. The van der Waals surface area contributed by atoms with Crippen molar-refractivity contribution in [2.24, 2.45) is 11.5 Å². The van der Waals surface area contributed by atoms with Crippen LogP contribution in [-0.4, -0.2) is 77.1 Å². The van der Waals surface area contributed by atoms with Crippen LogP contribution < -0.4 is 38.3 Å². The minimum Gasteiger partial charge on any atom is -0.480 e. The van der Waals surface area contributed by atoms with E-state index >= 15 is 0 Å². The molecule has 0 aromatic rings. The van der Waals surface area contributed by atoms with Gasteiger partial charge in [-0.2, -0.15) is 0 Å². The van der Waals surface area contributed by atoms with Gasteiger partial charge in [0.2, 0.25) is 11.8 Å². The van der Waals surface area contributed by atoms with Crippen molar-refractivity contribution in [2.75, 3.05) is 13.1 Å².